The van der Waals surface area contributed by atoms with Crippen molar-refractivity contribution in [2.45, 2.75) is 64.7 Å². The summed E-state index contributed by atoms with van der Waals surface area (Å²) in [5.74, 6) is 1.97. The van der Waals surface area contributed by atoms with Gasteiger partial charge in [0.2, 0.25) is 0 Å². The quantitative estimate of drug-likeness (QED) is 0.239. The van der Waals surface area contributed by atoms with Crippen molar-refractivity contribution in [3.05, 3.63) is 65.2 Å². The van der Waals surface area contributed by atoms with Crippen molar-refractivity contribution < 1.29 is 14.6 Å². The van der Waals surface area contributed by atoms with Crippen LogP contribution in [-0.2, 0) is 12.8 Å². The molecule has 0 bridgehead atoms. The van der Waals surface area contributed by atoms with Gasteiger partial charge in [-0.15, -0.1) is 0 Å². The summed E-state index contributed by atoms with van der Waals surface area (Å²) in [6, 6.07) is 16.5. The van der Waals surface area contributed by atoms with Crippen LogP contribution in [0.4, 0.5) is 0 Å². The average molecular weight is 445 g/mol. The Morgan fingerprint density at radius 2 is 1.55 bits per heavy atom. The number of aryl methyl sites for hydroxylation is 1. The molecule has 1 N–H and O–H groups in total. The highest BCUT2D eigenvalue weighted by Crippen LogP contribution is 2.48. The highest BCUT2D eigenvalue weighted by atomic mass is 16.5. The molecule has 0 saturated carbocycles. The molecule has 0 spiro atoms. The predicted molar refractivity (Wildman–Crippen MR) is 137 cm³/mol. The summed E-state index contributed by atoms with van der Waals surface area (Å²) >= 11 is 0. The predicted octanol–water partition coefficient (Wildman–Crippen LogP) is 7.94. The van der Waals surface area contributed by atoms with Gasteiger partial charge in [0, 0.05) is 11.1 Å². The third kappa shape index (κ3) is 5.03. The average Bonchev–Trinajstić information content (AvgIpc) is 3.21. The first-order valence-electron chi connectivity index (χ1n) is 12.4. The van der Waals surface area contributed by atoms with E-state index in [0.717, 1.165) is 35.5 Å². The van der Waals surface area contributed by atoms with Gasteiger partial charge in [-0.2, -0.15) is 0 Å². The van der Waals surface area contributed by atoms with Crippen LogP contribution in [-0.4, -0.2) is 19.3 Å². The Balaban J connectivity index is 1.60. The van der Waals surface area contributed by atoms with Gasteiger partial charge in [-0.3, -0.25) is 0 Å². The van der Waals surface area contributed by atoms with E-state index in [1.54, 1.807) is 14.2 Å². The third-order valence-corrected chi connectivity index (χ3v) is 6.87. The monoisotopic (exact) mass is 444 g/mol. The second-order valence-corrected chi connectivity index (χ2v) is 9.09. The van der Waals surface area contributed by atoms with Crippen LogP contribution in [0.15, 0.2) is 48.5 Å². The second kappa shape index (κ2) is 10.8. The van der Waals surface area contributed by atoms with Crippen molar-refractivity contribution in [3.63, 3.8) is 0 Å². The minimum Gasteiger partial charge on any atom is -0.507 e. The summed E-state index contributed by atoms with van der Waals surface area (Å²) in [5.41, 5.74) is 8.02. The number of ether oxygens (including phenoxy) is 2. The zero-order valence-electron chi connectivity index (χ0n) is 20.2. The Labute approximate surface area is 198 Å². The Morgan fingerprint density at radius 3 is 2.30 bits per heavy atom. The summed E-state index contributed by atoms with van der Waals surface area (Å²) < 4.78 is 11.2. The van der Waals surface area contributed by atoms with Gasteiger partial charge < -0.3 is 14.6 Å². The summed E-state index contributed by atoms with van der Waals surface area (Å²) in [7, 11) is 3.40. The molecule has 0 saturated heterocycles. The lowest BCUT2D eigenvalue weighted by molar-refractivity contribution is 0.415. The number of hydrogen-bond acceptors (Lipinski definition) is 3. The van der Waals surface area contributed by atoms with E-state index >= 15 is 0 Å². The fraction of sp³-hybridized carbons (Fsp3) is 0.400. The lowest BCUT2D eigenvalue weighted by atomic mass is 9.92. The first-order chi connectivity index (χ1) is 16.2. The molecule has 0 unspecified atom stereocenters. The van der Waals surface area contributed by atoms with E-state index in [1.165, 1.54) is 72.8 Å². The van der Waals surface area contributed by atoms with Crippen LogP contribution in [0.3, 0.4) is 0 Å². The minimum atomic E-state index is 0.304. The maximum absolute atomic E-state index is 10.9. The maximum Gasteiger partial charge on any atom is 0.127 e. The molecule has 4 rings (SSSR count). The van der Waals surface area contributed by atoms with E-state index in [-0.39, 0.29) is 0 Å². The van der Waals surface area contributed by atoms with E-state index in [9.17, 15) is 5.11 Å². The third-order valence-electron chi connectivity index (χ3n) is 6.87. The molecule has 3 aromatic carbocycles. The number of hydrogen-bond donors (Lipinski definition) is 1. The Bertz CT molecular complexity index is 1100. The number of benzene rings is 3. The Kier molecular flexibility index (Phi) is 7.59. The molecule has 1 aliphatic rings. The van der Waals surface area contributed by atoms with Crippen LogP contribution in [0.5, 0.6) is 17.2 Å². The standard InChI is InChI=1S/C30H36O3/c1-4-5-6-7-8-9-10-11-21-12-16-28(31)27(18-21)30-26-19-22-13-14-23(32-2)20-25(22)24(26)15-17-29(30)33-3/h12-18,20,31H,4-11,19H2,1-3H3. The van der Waals surface area contributed by atoms with Gasteiger partial charge in [0.05, 0.1) is 14.2 Å². The number of phenolic OH excluding ortho intramolecular Hbond substituents is 1. The molecule has 0 aliphatic heterocycles. The number of methoxy groups -OCH3 is 2. The van der Waals surface area contributed by atoms with E-state index < -0.39 is 0 Å². The minimum absolute atomic E-state index is 0.304. The summed E-state index contributed by atoms with van der Waals surface area (Å²) in [5, 5.41) is 10.9. The van der Waals surface area contributed by atoms with E-state index in [1.807, 2.05) is 18.2 Å². The maximum atomic E-state index is 10.9. The molecule has 0 fully saturated rings. The summed E-state index contributed by atoms with van der Waals surface area (Å²) in [6.07, 6.45) is 11.0. The molecule has 3 aromatic rings. The molecule has 1 aliphatic carbocycles. The molecule has 3 heteroatoms. The molecule has 0 atom stereocenters. The largest absolute Gasteiger partial charge is 0.507 e. The Morgan fingerprint density at radius 1 is 0.758 bits per heavy atom. The number of fused-ring (bicyclic) bond motifs is 3. The second-order valence-electron chi connectivity index (χ2n) is 9.09. The molecule has 0 radical (unpaired) electrons. The number of phenols is 1. The highest BCUT2D eigenvalue weighted by Gasteiger charge is 2.26. The van der Waals surface area contributed by atoms with Crippen molar-refractivity contribution in [2.24, 2.45) is 0 Å². The van der Waals surface area contributed by atoms with Crippen LogP contribution in [0.1, 0.15) is 68.6 Å². The normalized spacial score (nSPS) is 11.8. The van der Waals surface area contributed by atoms with Gasteiger partial charge in [-0.1, -0.05) is 63.6 Å². The first-order valence-corrected chi connectivity index (χ1v) is 12.4. The SMILES string of the molecule is CCCCCCCCCc1ccc(O)c(-c2c(OC)ccc3c2Cc2ccc(OC)cc2-3)c1. The van der Waals surface area contributed by atoms with Crippen molar-refractivity contribution in [1.82, 2.24) is 0 Å². The molecule has 174 valence electrons. The van der Waals surface area contributed by atoms with E-state index in [0.29, 0.717) is 5.75 Å². The van der Waals surface area contributed by atoms with Gasteiger partial charge in [0.15, 0.2) is 0 Å². The molecule has 33 heavy (non-hydrogen) atoms. The molecular weight excluding hydrogens is 408 g/mol. The van der Waals surface area contributed by atoms with Gasteiger partial charge >= 0.3 is 0 Å². The van der Waals surface area contributed by atoms with Gasteiger partial charge in [-0.05, 0) is 77.4 Å². The zero-order chi connectivity index (χ0) is 23.2. The van der Waals surface area contributed by atoms with Gasteiger partial charge in [0.25, 0.3) is 0 Å². The molecule has 3 nitrogen and oxygen atoms in total. The van der Waals surface area contributed by atoms with Crippen molar-refractivity contribution in [2.75, 3.05) is 14.2 Å². The lowest BCUT2D eigenvalue weighted by Gasteiger charge is -2.16. The lowest BCUT2D eigenvalue weighted by Crippen LogP contribution is -1.96. The fourth-order valence-corrected chi connectivity index (χ4v) is 5.03. The van der Waals surface area contributed by atoms with Crippen LogP contribution in [0, 0.1) is 0 Å². The van der Waals surface area contributed by atoms with Gasteiger partial charge in [-0.25, -0.2) is 0 Å². The van der Waals surface area contributed by atoms with Crippen molar-refractivity contribution in [1.29, 1.82) is 0 Å². The first kappa shape index (κ1) is 23.2. The van der Waals surface area contributed by atoms with Gasteiger partial charge in [0.1, 0.15) is 17.2 Å². The van der Waals surface area contributed by atoms with Crippen LogP contribution in [0.25, 0.3) is 22.3 Å². The van der Waals surface area contributed by atoms with Crippen LogP contribution >= 0.6 is 0 Å². The van der Waals surface area contributed by atoms with Crippen LogP contribution < -0.4 is 9.47 Å². The van der Waals surface area contributed by atoms with E-state index in [2.05, 4.69) is 37.3 Å². The number of rotatable bonds is 11. The van der Waals surface area contributed by atoms with Crippen LogP contribution in [0.2, 0.25) is 0 Å². The topological polar surface area (TPSA) is 38.7 Å². The number of aromatic hydroxyl groups is 1. The number of unbranched alkanes of at least 4 members (excludes halogenated alkanes) is 6. The molecule has 0 heterocycles. The van der Waals surface area contributed by atoms with Crippen molar-refractivity contribution >= 4 is 0 Å². The van der Waals surface area contributed by atoms with E-state index in [4.69, 9.17) is 9.47 Å². The van der Waals surface area contributed by atoms with Crippen molar-refractivity contribution in [3.8, 4) is 39.5 Å². The molecular formula is C30H36O3. The Hall–Kier alpha value is -2.94. The summed E-state index contributed by atoms with van der Waals surface area (Å²) in [6.45, 7) is 2.26. The fourth-order valence-electron chi connectivity index (χ4n) is 5.03. The smallest absolute Gasteiger partial charge is 0.127 e. The molecule has 0 amide bonds. The summed E-state index contributed by atoms with van der Waals surface area (Å²) in [4.78, 5) is 0. The molecule has 0 aromatic heterocycles. The highest BCUT2D eigenvalue weighted by molar-refractivity contribution is 5.90. The zero-order valence-corrected chi connectivity index (χ0v) is 20.2.